The summed E-state index contributed by atoms with van der Waals surface area (Å²) in [7, 11) is 0. The highest BCUT2D eigenvalue weighted by atomic mass is 32.1. The van der Waals surface area contributed by atoms with Crippen molar-refractivity contribution in [3.05, 3.63) is 69.7 Å². The van der Waals surface area contributed by atoms with Crippen molar-refractivity contribution in [1.82, 2.24) is 20.0 Å². The number of carbonyl (C=O) groups is 2. The van der Waals surface area contributed by atoms with Crippen LogP contribution in [0.2, 0.25) is 0 Å². The normalized spacial score (nSPS) is 15.5. The number of ether oxygens (including phenoxy) is 1. The molecule has 1 aromatic carbocycles. The molecule has 162 valence electrons. The van der Waals surface area contributed by atoms with Crippen molar-refractivity contribution in [2.75, 3.05) is 32.8 Å². The summed E-state index contributed by atoms with van der Waals surface area (Å²) in [6.45, 7) is 6.89. The fourth-order valence-corrected chi connectivity index (χ4v) is 4.82. The molecule has 1 fully saturated rings. The van der Waals surface area contributed by atoms with Gasteiger partial charge < -0.3 is 10.1 Å². The number of nitrogens with zero attached hydrogens (tertiary/aromatic N) is 3. The molecule has 1 saturated heterocycles. The molecule has 1 N–H and O–H groups in total. The molecule has 1 unspecified atom stereocenters. The summed E-state index contributed by atoms with van der Waals surface area (Å²) < 4.78 is 7.17. The molecule has 0 aliphatic carbocycles. The summed E-state index contributed by atoms with van der Waals surface area (Å²) in [6.07, 6.45) is 0. The Labute approximate surface area is 185 Å². The second-order valence-electron chi connectivity index (χ2n) is 7.51. The van der Waals surface area contributed by atoms with Crippen molar-refractivity contribution < 1.29 is 14.3 Å². The number of amides is 1. The minimum Gasteiger partial charge on any atom is -0.379 e. The van der Waals surface area contributed by atoms with Crippen LogP contribution < -0.4 is 5.32 Å². The van der Waals surface area contributed by atoms with Crippen LogP contribution in [0.3, 0.4) is 0 Å². The van der Waals surface area contributed by atoms with Crippen molar-refractivity contribution in [1.29, 1.82) is 0 Å². The van der Waals surface area contributed by atoms with Crippen LogP contribution in [0.1, 0.15) is 32.7 Å². The van der Waals surface area contributed by atoms with Gasteiger partial charge in [-0.1, -0.05) is 24.3 Å². The lowest BCUT2D eigenvalue weighted by atomic mass is 10.1. The summed E-state index contributed by atoms with van der Waals surface area (Å²) in [6, 6.07) is 13.7. The fraction of sp³-hybridized carbons (Fsp3) is 0.348. The Hall–Kier alpha value is -2.81. The average Bonchev–Trinajstić information content (AvgIpc) is 3.43. The molecule has 2 aromatic heterocycles. The number of aryl methyl sites for hydroxylation is 1. The number of rotatable bonds is 7. The van der Waals surface area contributed by atoms with Gasteiger partial charge in [0.2, 0.25) is 0 Å². The van der Waals surface area contributed by atoms with Crippen LogP contribution in [0.15, 0.2) is 47.8 Å². The molecule has 8 heteroatoms. The number of para-hydroxylation sites is 1. The first-order valence-corrected chi connectivity index (χ1v) is 11.2. The zero-order chi connectivity index (χ0) is 21.8. The Morgan fingerprint density at radius 2 is 1.87 bits per heavy atom. The Morgan fingerprint density at radius 1 is 1.13 bits per heavy atom. The molecule has 0 saturated carbocycles. The van der Waals surface area contributed by atoms with Crippen LogP contribution in [0, 0.1) is 13.8 Å². The van der Waals surface area contributed by atoms with E-state index < -0.39 is 11.7 Å². The molecule has 0 bridgehead atoms. The maximum atomic E-state index is 13.0. The van der Waals surface area contributed by atoms with Crippen LogP contribution >= 0.6 is 11.3 Å². The van der Waals surface area contributed by atoms with Crippen LogP contribution in [-0.2, 0) is 9.53 Å². The number of aromatic nitrogens is 2. The number of thiophene rings is 1. The van der Waals surface area contributed by atoms with Crippen LogP contribution in [0.5, 0.6) is 0 Å². The van der Waals surface area contributed by atoms with E-state index in [0.29, 0.717) is 36.7 Å². The predicted molar refractivity (Wildman–Crippen MR) is 120 cm³/mol. The van der Waals surface area contributed by atoms with Crippen LogP contribution in [-0.4, -0.2) is 59.2 Å². The first-order valence-electron chi connectivity index (χ1n) is 10.4. The highest BCUT2D eigenvalue weighted by molar-refractivity contribution is 7.10. The second kappa shape index (κ2) is 9.55. The number of benzene rings is 1. The van der Waals surface area contributed by atoms with Gasteiger partial charge in [-0.25, -0.2) is 4.68 Å². The molecular formula is C23H26N4O3S. The molecule has 1 aliphatic rings. The third kappa shape index (κ3) is 4.61. The van der Waals surface area contributed by atoms with E-state index in [2.05, 4.69) is 21.4 Å². The number of hydrogen-bond donors (Lipinski definition) is 1. The molecule has 3 heterocycles. The number of Topliss-reactive ketones (excluding diaryl/α,β-unsaturated/α-hetero) is 1. The van der Waals surface area contributed by atoms with Crippen molar-refractivity contribution in [2.24, 2.45) is 0 Å². The molecule has 4 rings (SSSR count). The average molecular weight is 439 g/mol. The molecule has 0 radical (unpaired) electrons. The van der Waals surface area contributed by atoms with E-state index in [4.69, 9.17) is 4.74 Å². The molecule has 0 spiro atoms. The lowest BCUT2D eigenvalue weighted by molar-refractivity contribution is -0.117. The zero-order valence-electron chi connectivity index (χ0n) is 17.7. The number of morpholine rings is 1. The summed E-state index contributed by atoms with van der Waals surface area (Å²) in [5, 5.41) is 9.39. The summed E-state index contributed by atoms with van der Waals surface area (Å²) >= 11 is 1.65. The van der Waals surface area contributed by atoms with E-state index in [1.54, 1.807) is 22.9 Å². The van der Waals surface area contributed by atoms with E-state index in [9.17, 15) is 9.59 Å². The summed E-state index contributed by atoms with van der Waals surface area (Å²) in [5.41, 5.74) is 2.42. The summed E-state index contributed by atoms with van der Waals surface area (Å²) in [4.78, 5) is 29.3. The maximum absolute atomic E-state index is 13.0. The SMILES string of the molecule is Cc1nn(-c2ccccc2)c(C)c1C(=O)C(=O)NCC(c1cccs1)N1CCOCC1. The lowest BCUT2D eigenvalue weighted by Gasteiger charge is -2.34. The van der Waals surface area contributed by atoms with Gasteiger partial charge in [-0.05, 0) is 37.4 Å². The van der Waals surface area contributed by atoms with E-state index in [1.807, 2.05) is 48.7 Å². The Balaban J connectivity index is 1.49. The first kappa shape index (κ1) is 21.4. The number of hydrogen-bond acceptors (Lipinski definition) is 6. The Kier molecular flexibility index (Phi) is 6.60. The molecule has 1 amide bonds. The lowest BCUT2D eigenvalue weighted by Crippen LogP contribution is -2.44. The van der Waals surface area contributed by atoms with E-state index in [0.717, 1.165) is 18.8 Å². The minimum absolute atomic E-state index is 0.0230. The molecule has 3 aromatic rings. The third-order valence-corrected chi connectivity index (χ3v) is 6.51. The molecule has 31 heavy (non-hydrogen) atoms. The van der Waals surface area contributed by atoms with E-state index >= 15 is 0 Å². The Morgan fingerprint density at radius 3 is 2.55 bits per heavy atom. The topological polar surface area (TPSA) is 76.5 Å². The van der Waals surface area contributed by atoms with Crippen LogP contribution in [0.4, 0.5) is 0 Å². The monoisotopic (exact) mass is 438 g/mol. The van der Waals surface area contributed by atoms with Gasteiger partial charge in [0.05, 0.1) is 41.9 Å². The van der Waals surface area contributed by atoms with Gasteiger partial charge in [0.25, 0.3) is 11.7 Å². The number of nitrogens with one attached hydrogen (secondary N) is 1. The molecular weight excluding hydrogens is 412 g/mol. The minimum atomic E-state index is -0.603. The highest BCUT2D eigenvalue weighted by Gasteiger charge is 2.28. The van der Waals surface area contributed by atoms with Gasteiger partial charge in [-0.3, -0.25) is 14.5 Å². The van der Waals surface area contributed by atoms with Crippen molar-refractivity contribution >= 4 is 23.0 Å². The smallest absolute Gasteiger partial charge is 0.292 e. The predicted octanol–water partition coefficient (Wildman–Crippen LogP) is 2.92. The van der Waals surface area contributed by atoms with Gasteiger partial charge in [-0.2, -0.15) is 5.10 Å². The largest absolute Gasteiger partial charge is 0.379 e. The van der Waals surface area contributed by atoms with Crippen molar-refractivity contribution in [2.45, 2.75) is 19.9 Å². The Bertz CT molecular complexity index is 1040. The molecule has 1 atom stereocenters. The third-order valence-electron chi connectivity index (χ3n) is 5.54. The second-order valence-corrected chi connectivity index (χ2v) is 8.49. The highest BCUT2D eigenvalue weighted by Crippen LogP contribution is 2.25. The standard InChI is InChI=1S/C23H26N4O3S/c1-16-21(17(2)27(25-16)18-7-4-3-5-8-18)22(28)23(29)24-15-19(20-9-6-14-31-20)26-10-12-30-13-11-26/h3-9,14,19H,10-13,15H2,1-2H3,(H,24,29). The van der Waals surface area contributed by atoms with Crippen molar-refractivity contribution in [3.63, 3.8) is 0 Å². The first-order chi connectivity index (χ1) is 15.1. The number of ketones is 1. The van der Waals surface area contributed by atoms with Gasteiger partial charge in [0.1, 0.15) is 0 Å². The van der Waals surface area contributed by atoms with Crippen molar-refractivity contribution in [3.8, 4) is 5.69 Å². The van der Waals surface area contributed by atoms with Crippen LogP contribution in [0.25, 0.3) is 5.69 Å². The summed E-state index contributed by atoms with van der Waals surface area (Å²) in [5.74, 6) is -1.15. The van der Waals surface area contributed by atoms with E-state index in [1.165, 1.54) is 4.88 Å². The molecule has 1 aliphatic heterocycles. The zero-order valence-corrected chi connectivity index (χ0v) is 18.5. The quantitative estimate of drug-likeness (QED) is 0.453. The van der Waals surface area contributed by atoms with E-state index in [-0.39, 0.29) is 6.04 Å². The van der Waals surface area contributed by atoms with Gasteiger partial charge in [0.15, 0.2) is 0 Å². The van der Waals surface area contributed by atoms with Gasteiger partial charge in [0, 0.05) is 24.5 Å². The van der Waals surface area contributed by atoms with Gasteiger partial charge in [-0.15, -0.1) is 11.3 Å². The number of carbonyl (C=O) groups excluding carboxylic acids is 2. The van der Waals surface area contributed by atoms with Gasteiger partial charge >= 0.3 is 0 Å². The molecule has 7 nitrogen and oxygen atoms in total. The maximum Gasteiger partial charge on any atom is 0.292 e. The fourth-order valence-electron chi connectivity index (χ4n) is 3.95.